The second-order valence-electron chi connectivity index (χ2n) is 9.66. The van der Waals surface area contributed by atoms with Crippen molar-refractivity contribution in [2.24, 2.45) is 0 Å². The monoisotopic (exact) mass is 457 g/mol. The Kier molecular flexibility index (Phi) is 3.88. The van der Waals surface area contributed by atoms with E-state index in [1.54, 1.807) is 11.3 Å². The highest BCUT2D eigenvalue weighted by molar-refractivity contribution is 7.18. The number of benzene rings is 2. The number of rotatable bonds is 1. The van der Waals surface area contributed by atoms with Crippen LogP contribution in [0.25, 0.3) is 48.4 Å². The molecule has 0 radical (unpaired) electrons. The Bertz CT molecular complexity index is 1750. The van der Waals surface area contributed by atoms with Crippen LogP contribution in [0.5, 0.6) is 0 Å². The highest BCUT2D eigenvalue weighted by atomic mass is 32.1. The maximum Gasteiger partial charge on any atom is 0.195 e. The first kappa shape index (κ1) is 19.7. The Morgan fingerprint density at radius 3 is 2.00 bits per heavy atom. The average molecular weight is 458 g/mol. The third kappa shape index (κ3) is 2.48. The second-order valence-corrected chi connectivity index (χ2v) is 10.7. The van der Waals surface area contributed by atoms with E-state index in [1.807, 2.05) is 18.2 Å². The van der Waals surface area contributed by atoms with Crippen molar-refractivity contribution < 1.29 is 4.79 Å². The standard InChI is InChI=1S/C31H23NOS/c1-16-10-18(3)28-22(12-16)23-13-17(2)11-19(4)29(23)32(28)26-15-25-30(33)27-21-9-7-5-6-8-20(21)14-24(27)31(25)34-26/h5-15H,1-4H3. The van der Waals surface area contributed by atoms with Crippen LogP contribution in [0.4, 0.5) is 0 Å². The third-order valence-electron chi connectivity index (χ3n) is 7.19. The molecule has 0 N–H and O–H groups in total. The summed E-state index contributed by atoms with van der Waals surface area (Å²) >= 11 is 1.74. The Morgan fingerprint density at radius 1 is 0.676 bits per heavy atom. The number of ketones is 1. The molecule has 4 aromatic rings. The van der Waals surface area contributed by atoms with Crippen LogP contribution in [0.1, 0.15) is 38.2 Å². The number of carbonyl (C=O) groups is 1. The molecular formula is C31H23NOS. The Labute approximate surface area is 202 Å². The number of hydrogen-bond acceptors (Lipinski definition) is 2. The molecule has 2 heterocycles. The molecule has 2 aromatic carbocycles. The van der Waals surface area contributed by atoms with E-state index in [0.29, 0.717) is 0 Å². The van der Waals surface area contributed by atoms with Gasteiger partial charge in [0.05, 0.1) is 11.0 Å². The van der Waals surface area contributed by atoms with Gasteiger partial charge < -0.3 is 4.57 Å². The van der Waals surface area contributed by atoms with Crippen LogP contribution in [-0.2, 0) is 0 Å². The molecule has 0 saturated heterocycles. The van der Waals surface area contributed by atoms with Crippen LogP contribution in [0.2, 0.25) is 0 Å². The SMILES string of the molecule is Cc1cc(C)c2c(c1)c1cc(C)cc(C)c1n2-c1cc2c(s1)-c1cc3cccccc-3c1C2=O. The van der Waals surface area contributed by atoms with Crippen LogP contribution in [0.3, 0.4) is 0 Å². The maximum atomic E-state index is 13.6. The summed E-state index contributed by atoms with van der Waals surface area (Å²) in [5, 5.41) is 3.68. The van der Waals surface area contributed by atoms with Gasteiger partial charge in [-0.25, -0.2) is 0 Å². The first-order valence-electron chi connectivity index (χ1n) is 11.7. The minimum Gasteiger partial charge on any atom is -0.300 e. The minimum atomic E-state index is 0.148. The molecule has 0 saturated carbocycles. The molecule has 0 atom stereocenters. The zero-order chi connectivity index (χ0) is 23.3. The quantitative estimate of drug-likeness (QED) is 0.243. The summed E-state index contributed by atoms with van der Waals surface area (Å²) in [5.41, 5.74) is 12.5. The van der Waals surface area contributed by atoms with Crippen LogP contribution in [0.15, 0.2) is 66.7 Å². The summed E-state index contributed by atoms with van der Waals surface area (Å²) in [6, 6.07) is 23.6. The zero-order valence-corrected chi connectivity index (χ0v) is 20.4. The first-order valence-corrected chi connectivity index (χ1v) is 12.5. The summed E-state index contributed by atoms with van der Waals surface area (Å²) < 4.78 is 2.40. The minimum absolute atomic E-state index is 0.148. The fourth-order valence-electron chi connectivity index (χ4n) is 5.96. The molecular weight excluding hydrogens is 434 g/mol. The number of thiophene rings is 1. The lowest BCUT2D eigenvalue weighted by atomic mass is 10.0. The fourth-order valence-corrected chi connectivity index (χ4v) is 7.15. The highest BCUT2D eigenvalue weighted by Crippen LogP contribution is 2.50. The van der Waals surface area contributed by atoms with E-state index < -0.39 is 0 Å². The van der Waals surface area contributed by atoms with Gasteiger partial charge in [0.1, 0.15) is 5.00 Å². The number of carbonyl (C=O) groups excluding carboxylic acids is 1. The summed E-state index contributed by atoms with van der Waals surface area (Å²) in [4.78, 5) is 14.7. The van der Waals surface area contributed by atoms with E-state index in [1.165, 1.54) is 44.1 Å². The number of aryl methyl sites for hydroxylation is 4. The van der Waals surface area contributed by atoms with E-state index in [0.717, 1.165) is 37.7 Å². The Balaban J connectivity index is 1.56. The average Bonchev–Trinajstić information content (AvgIpc) is 3.46. The lowest BCUT2D eigenvalue weighted by molar-refractivity contribution is 0.104. The van der Waals surface area contributed by atoms with E-state index in [9.17, 15) is 4.79 Å². The Morgan fingerprint density at radius 2 is 1.32 bits per heavy atom. The summed E-state index contributed by atoms with van der Waals surface area (Å²) in [6.07, 6.45) is 0. The summed E-state index contributed by atoms with van der Waals surface area (Å²) in [6.45, 7) is 8.72. The maximum absolute atomic E-state index is 13.6. The number of nitrogens with zero attached hydrogens (tertiary/aromatic N) is 1. The van der Waals surface area contributed by atoms with Gasteiger partial charge in [0.2, 0.25) is 0 Å². The van der Waals surface area contributed by atoms with E-state index in [-0.39, 0.29) is 5.78 Å². The van der Waals surface area contributed by atoms with Crippen LogP contribution < -0.4 is 0 Å². The van der Waals surface area contributed by atoms with Gasteiger partial charge in [0, 0.05) is 32.3 Å². The molecule has 0 fully saturated rings. The number of hydrogen-bond donors (Lipinski definition) is 0. The van der Waals surface area contributed by atoms with Crippen molar-refractivity contribution in [2.75, 3.05) is 0 Å². The molecule has 2 nitrogen and oxygen atoms in total. The predicted octanol–water partition coefficient (Wildman–Crippen LogP) is 8.40. The van der Waals surface area contributed by atoms with Gasteiger partial charge in [-0.15, -0.1) is 11.3 Å². The summed E-state index contributed by atoms with van der Waals surface area (Å²) in [7, 11) is 0. The number of aromatic nitrogens is 1. The highest BCUT2D eigenvalue weighted by Gasteiger charge is 2.34. The molecule has 34 heavy (non-hydrogen) atoms. The van der Waals surface area contributed by atoms with E-state index in [2.05, 4.69) is 80.8 Å². The fraction of sp³-hybridized carbons (Fsp3) is 0.129. The number of fused-ring (bicyclic) bond motifs is 8. The van der Waals surface area contributed by atoms with Crippen molar-refractivity contribution in [3.63, 3.8) is 0 Å². The van der Waals surface area contributed by atoms with Gasteiger partial charge in [0.15, 0.2) is 5.78 Å². The molecule has 0 spiro atoms. The molecule has 7 rings (SSSR count). The van der Waals surface area contributed by atoms with E-state index >= 15 is 0 Å². The molecule has 0 aliphatic heterocycles. The predicted molar refractivity (Wildman–Crippen MR) is 143 cm³/mol. The normalized spacial score (nSPS) is 12.8. The van der Waals surface area contributed by atoms with Gasteiger partial charge in [-0.05, 0) is 74.2 Å². The molecule has 0 bridgehead atoms. The molecule has 0 amide bonds. The van der Waals surface area contributed by atoms with Crippen molar-refractivity contribution in [1.82, 2.24) is 4.57 Å². The molecule has 0 unspecified atom stereocenters. The van der Waals surface area contributed by atoms with Crippen LogP contribution in [0, 0.1) is 27.7 Å². The molecule has 2 aromatic heterocycles. The van der Waals surface area contributed by atoms with E-state index in [4.69, 9.17) is 0 Å². The molecule has 164 valence electrons. The Hall–Kier alpha value is -3.69. The lowest BCUT2D eigenvalue weighted by Crippen LogP contribution is -1.97. The largest absolute Gasteiger partial charge is 0.300 e. The van der Waals surface area contributed by atoms with Crippen LogP contribution >= 0.6 is 11.3 Å². The van der Waals surface area contributed by atoms with Crippen molar-refractivity contribution in [2.45, 2.75) is 27.7 Å². The summed E-state index contributed by atoms with van der Waals surface area (Å²) in [5.74, 6) is 0.148. The van der Waals surface area contributed by atoms with Gasteiger partial charge in [-0.3, -0.25) is 4.79 Å². The lowest BCUT2D eigenvalue weighted by Gasteiger charge is -2.09. The van der Waals surface area contributed by atoms with Crippen molar-refractivity contribution >= 4 is 38.9 Å². The molecule has 3 heteroatoms. The van der Waals surface area contributed by atoms with Gasteiger partial charge in [-0.1, -0.05) is 53.6 Å². The first-order chi connectivity index (χ1) is 16.4. The second kappa shape index (κ2) is 6.68. The van der Waals surface area contributed by atoms with Gasteiger partial charge in [-0.2, -0.15) is 0 Å². The van der Waals surface area contributed by atoms with Gasteiger partial charge in [0.25, 0.3) is 0 Å². The van der Waals surface area contributed by atoms with Crippen LogP contribution in [-0.4, -0.2) is 10.4 Å². The van der Waals surface area contributed by atoms with Crippen molar-refractivity contribution in [1.29, 1.82) is 0 Å². The molecule has 3 aliphatic rings. The topological polar surface area (TPSA) is 22.0 Å². The van der Waals surface area contributed by atoms with Crippen molar-refractivity contribution in [3.8, 4) is 26.6 Å². The molecule has 3 aliphatic carbocycles. The van der Waals surface area contributed by atoms with Gasteiger partial charge >= 0.3 is 0 Å². The smallest absolute Gasteiger partial charge is 0.195 e. The third-order valence-corrected chi connectivity index (χ3v) is 8.35. The van der Waals surface area contributed by atoms with Crippen molar-refractivity contribution in [3.05, 3.63) is 100 Å². The zero-order valence-electron chi connectivity index (χ0n) is 19.6.